The van der Waals surface area contributed by atoms with E-state index in [2.05, 4.69) is 0 Å². The Hall–Kier alpha value is -0.100. The molecule has 0 aliphatic carbocycles. The molecule has 3 nitrogen and oxygen atoms in total. The van der Waals surface area contributed by atoms with E-state index in [4.69, 9.17) is 11.6 Å². The Bertz CT molecular complexity index is 468. The Kier molecular flexibility index (Phi) is 6.11. The third-order valence-electron chi connectivity index (χ3n) is 2.64. The lowest BCUT2D eigenvalue weighted by Crippen LogP contribution is -2.37. The molecule has 1 aromatic rings. The molecule has 18 heavy (non-hydrogen) atoms. The Morgan fingerprint density at radius 2 is 2.06 bits per heavy atom. The molecule has 0 bridgehead atoms. The highest BCUT2D eigenvalue weighted by molar-refractivity contribution is 7.91. The van der Waals surface area contributed by atoms with Crippen molar-refractivity contribution in [3.8, 4) is 0 Å². The van der Waals surface area contributed by atoms with Gasteiger partial charge in [-0.1, -0.05) is 6.92 Å². The van der Waals surface area contributed by atoms with Crippen LogP contribution in [0.2, 0.25) is 0 Å². The van der Waals surface area contributed by atoms with Crippen LogP contribution in [-0.4, -0.2) is 31.2 Å². The van der Waals surface area contributed by atoms with Gasteiger partial charge in [-0.2, -0.15) is 4.31 Å². The molecule has 0 aliphatic rings. The Morgan fingerprint density at radius 3 is 2.50 bits per heavy atom. The Morgan fingerprint density at radius 1 is 1.39 bits per heavy atom. The molecule has 1 aromatic heterocycles. The fourth-order valence-corrected chi connectivity index (χ4v) is 4.89. The monoisotopic (exact) mass is 309 g/mol. The minimum atomic E-state index is -3.37. The molecule has 0 fully saturated rings. The van der Waals surface area contributed by atoms with Crippen LogP contribution in [0.3, 0.4) is 0 Å². The summed E-state index contributed by atoms with van der Waals surface area (Å²) in [6, 6.07) is 3.54. The van der Waals surface area contributed by atoms with Crippen LogP contribution in [0.1, 0.15) is 32.1 Å². The van der Waals surface area contributed by atoms with Gasteiger partial charge in [-0.25, -0.2) is 8.42 Å². The maximum Gasteiger partial charge on any atom is 0.252 e. The van der Waals surface area contributed by atoms with E-state index < -0.39 is 10.0 Å². The molecule has 0 N–H and O–H groups in total. The minimum absolute atomic E-state index is 0.0506. The molecule has 0 saturated heterocycles. The molecule has 1 heterocycles. The first-order chi connectivity index (χ1) is 8.43. The molecule has 1 rings (SSSR count). The van der Waals surface area contributed by atoms with Crippen LogP contribution in [0.5, 0.6) is 0 Å². The second-order valence-electron chi connectivity index (χ2n) is 4.33. The van der Waals surface area contributed by atoms with Gasteiger partial charge in [0.05, 0.1) is 0 Å². The zero-order valence-electron chi connectivity index (χ0n) is 11.0. The number of hydrogen-bond donors (Lipinski definition) is 0. The van der Waals surface area contributed by atoms with Crippen molar-refractivity contribution in [1.29, 1.82) is 0 Å². The molecule has 0 aromatic carbocycles. The summed E-state index contributed by atoms with van der Waals surface area (Å²) in [7, 11) is -3.37. The highest BCUT2D eigenvalue weighted by Crippen LogP contribution is 2.26. The molecule has 0 unspecified atom stereocenters. The molecule has 0 saturated carbocycles. The molecule has 104 valence electrons. The quantitative estimate of drug-likeness (QED) is 0.724. The maximum absolute atomic E-state index is 12.5. The van der Waals surface area contributed by atoms with Gasteiger partial charge in [0.25, 0.3) is 10.0 Å². The van der Waals surface area contributed by atoms with E-state index in [0.29, 0.717) is 23.1 Å². The second-order valence-corrected chi connectivity index (χ2v) is 7.99. The largest absolute Gasteiger partial charge is 0.252 e. The van der Waals surface area contributed by atoms with Gasteiger partial charge in [-0.05, 0) is 38.8 Å². The smallest absolute Gasteiger partial charge is 0.206 e. The van der Waals surface area contributed by atoms with Crippen molar-refractivity contribution in [2.75, 3.05) is 12.4 Å². The van der Waals surface area contributed by atoms with Gasteiger partial charge in [0.2, 0.25) is 0 Å². The molecular weight excluding hydrogens is 290 g/mol. The van der Waals surface area contributed by atoms with Crippen molar-refractivity contribution in [1.82, 2.24) is 4.31 Å². The number of hydrogen-bond acceptors (Lipinski definition) is 3. The molecule has 0 spiro atoms. The first-order valence-electron chi connectivity index (χ1n) is 6.10. The number of thiophene rings is 1. The van der Waals surface area contributed by atoms with Crippen molar-refractivity contribution >= 4 is 33.0 Å². The van der Waals surface area contributed by atoms with Crippen LogP contribution in [-0.2, 0) is 16.4 Å². The number of nitrogens with zero attached hydrogens (tertiary/aromatic N) is 1. The van der Waals surface area contributed by atoms with E-state index in [1.54, 1.807) is 6.07 Å². The van der Waals surface area contributed by atoms with Gasteiger partial charge < -0.3 is 0 Å². The first kappa shape index (κ1) is 16.0. The van der Waals surface area contributed by atoms with Gasteiger partial charge in [0.15, 0.2) is 0 Å². The highest BCUT2D eigenvalue weighted by atomic mass is 35.5. The summed E-state index contributed by atoms with van der Waals surface area (Å²) in [5.41, 5.74) is 0. The Balaban J connectivity index is 3.00. The van der Waals surface area contributed by atoms with E-state index in [1.165, 1.54) is 15.6 Å². The first-order valence-corrected chi connectivity index (χ1v) is 8.89. The summed E-state index contributed by atoms with van der Waals surface area (Å²) >= 11 is 7.01. The summed E-state index contributed by atoms with van der Waals surface area (Å²) < 4.78 is 27.0. The summed E-state index contributed by atoms with van der Waals surface area (Å²) in [5.74, 6) is 0.476. The summed E-state index contributed by atoms with van der Waals surface area (Å²) in [6.07, 6.45) is 1.54. The number of rotatable bonds is 7. The summed E-state index contributed by atoms with van der Waals surface area (Å²) in [5, 5.41) is 0. The SMILES string of the molecule is CCc1ccc(S(=O)(=O)N(CCCCl)C(C)C)s1. The molecule has 0 radical (unpaired) electrons. The molecule has 0 amide bonds. The zero-order valence-corrected chi connectivity index (χ0v) is 13.4. The summed E-state index contributed by atoms with van der Waals surface area (Å²) in [4.78, 5) is 1.09. The van der Waals surface area contributed by atoms with Crippen LogP contribution < -0.4 is 0 Å². The van der Waals surface area contributed by atoms with Crippen LogP contribution >= 0.6 is 22.9 Å². The fourth-order valence-electron chi connectivity index (χ4n) is 1.67. The lowest BCUT2D eigenvalue weighted by molar-refractivity contribution is 0.355. The minimum Gasteiger partial charge on any atom is -0.206 e. The molecule has 0 aliphatic heterocycles. The van der Waals surface area contributed by atoms with Crippen LogP contribution in [0.4, 0.5) is 0 Å². The van der Waals surface area contributed by atoms with E-state index >= 15 is 0 Å². The highest BCUT2D eigenvalue weighted by Gasteiger charge is 2.27. The number of alkyl halides is 1. The fraction of sp³-hybridized carbons (Fsp3) is 0.667. The predicted molar refractivity (Wildman–Crippen MR) is 78.1 cm³/mol. The standard InChI is InChI=1S/C12H20ClNO2S2/c1-4-11-6-7-12(17-11)18(15,16)14(10(2)3)9-5-8-13/h6-7,10H,4-5,8-9H2,1-3H3. The zero-order chi connectivity index (χ0) is 13.8. The number of halogens is 1. The molecule has 6 heteroatoms. The van der Waals surface area contributed by atoms with Gasteiger partial charge in [-0.15, -0.1) is 22.9 Å². The molecular formula is C12H20ClNO2S2. The average Bonchev–Trinajstić information content (AvgIpc) is 2.77. The van der Waals surface area contributed by atoms with Crippen molar-refractivity contribution in [2.24, 2.45) is 0 Å². The average molecular weight is 310 g/mol. The van der Waals surface area contributed by atoms with Crippen LogP contribution in [0, 0.1) is 0 Å². The summed E-state index contributed by atoms with van der Waals surface area (Å²) in [6.45, 7) is 6.28. The van der Waals surface area contributed by atoms with Gasteiger partial charge in [0, 0.05) is 23.3 Å². The van der Waals surface area contributed by atoms with E-state index in [-0.39, 0.29) is 6.04 Å². The predicted octanol–water partition coefficient (Wildman–Crippen LogP) is 3.34. The maximum atomic E-state index is 12.5. The van der Waals surface area contributed by atoms with E-state index in [1.807, 2.05) is 26.8 Å². The van der Waals surface area contributed by atoms with Gasteiger partial charge in [-0.3, -0.25) is 0 Å². The van der Waals surface area contributed by atoms with Crippen molar-refractivity contribution in [3.05, 3.63) is 17.0 Å². The third-order valence-corrected chi connectivity index (χ3v) is 6.68. The molecule has 0 atom stereocenters. The Labute approximate surface area is 119 Å². The van der Waals surface area contributed by atoms with E-state index in [0.717, 1.165) is 11.3 Å². The normalized spacial score (nSPS) is 12.6. The van der Waals surface area contributed by atoms with Gasteiger partial charge >= 0.3 is 0 Å². The lowest BCUT2D eigenvalue weighted by Gasteiger charge is -2.24. The number of aryl methyl sites for hydroxylation is 1. The van der Waals surface area contributed by atoms with Crippen molar-refractivity contribution in [3.63, 3.8) is 0 Å². The van der Waals surface area contributed by atoms with Crippen LogP contribution in [0.25, 0.3) is 0 Å². The van der Waals surface area contributed by atoms with Crippen LogP contribution in [0.15, 0.2) is 16.3 Å². The topological polar surface area (TPSA) is 37.4 Å². The van der Waals surface area contributed by atoms with Crippen molar-refractivity contribution in [2.45, 2.75) is 43.9 Å². The van der Waals surface area contributed by atoms with E-state index in [9.17, 15) is 8.42 Å². The number of sulfonamides is 1. The second kappa shape index (κ2) is 6.89. The van der Waals surface area contributed by atoms with Crippen molar-refractivity contribution < 1.29 is 8.42 Å². The lowest BCUT2D eigenvalue weighted by atomic mass is 10.4. The van der Waals surface area contributed by atoms with Gasteiger partial charge in [0.1, 0.15) is 4.21 Å². The third kappa shape index (κ3) is 3.70.